The van der Waals surface area contributed by atoms with Gasteiger partial charge in [-0.15, -0.1) is 34.2 Å². The van der Waals surface area contributed by atoms with Gasteiger partial charge in [-0.3, -0.25) is 0 Å². The van der Waals surface area contributed by atoms with Gasteiger partial charge < -0.3 is 24.8 Å². The molecule has 1 aromatic heterocycles. The van der Waals surface area contributed by atoms with Crippen LogP contribution >= 0.6 is 24.0 Å². The normalized spacial score (nSPS) is 24.2. The number of nitrogens with one attached hydrogen (secondary N) is 2. The van der Waals surface area contributed by atoms with Crippen molar-refractivity contribution < 1.29 is 4.74 Å². The molecule has 2 aliphatic heterocycles. The van der Waals surface area contributed by atoms with Gasteiger partial charge in [-0.25, -0.2) is 4.99 Å². The molecule has 176 valence electrons. The van der Waals surface area contributed by atoms with E-state index in [0.29, 0.717) is 18.6 Å². The van der Waals surface area contributed by atoms with Crippen LogP contribution in [0.3, 0.4) is 0 Å². The number of halogens is 1. The molecular formula is C22H40IN7O. The number of guanidine groups is 1. The molecule has 3 fully saturated rings. The standard InChI is InChI=1S/C22H39N7O.HI/c1-17-26-27-21(28(17)2)14-23-22(24-19-6-4-3-5-7-19)25-20-8-11-29(12-9-20)15-18-10-13-30-16-18;/h18-20H,3-16H2,1-2H3,(H2,23,24,25);1H. The van der Waals surface area contributed by atoms with Crippen LogP contribution in [0.4, 0.5) is 0 Å². The van der Waals surface area contributed by atoms with Gasteiger partial charge in [-0.2, -0.15) is 0 Å². The summed E-state index contributed by atoms with van der Waals surface area (Å²) >= 11 is 0. The van der Waals surface area contributed by atoms with Crippen LogP contribution in [0, 0.1) is 12.8 Å². The Bertz CT molecular complexity index is 690. The molecule has 1 unspecified atom stereocenters. The number of nitrogens with zero attached hydrogens (tertiary/aromatic N) is 5. The highest BCUT2D eigenvalue weighted by molar-refractivity contribution is 14.0. The van der Waals surface area contributed by atoms with Crippen LogP contribution in [0.2, 0.25) is 0 Å². The topological polar surface area (TPSA) is 79.6 Å². The Labute approximate surface area is 204 Å². The second kappa shape index (κ2) is 12.3. The minimum absolute atomic E-state index is 0. The average molecular weight is 546 g/mol. The zero-order valence-corrected chi connectivity index (χ0v) is 21.5. The lowest BCUT2D eigenvalue weighted by atomic mass is 9.95. The molecule has 2 N–H and O–H groups in total. The van der Waals surface area contributed by atoms with E-state index in [0.717, 1.165) is 49.8 Å². The summed E-state index contributed by atoms with van der Waals surface area (Å²) in [6, 6.07) is 1.02. The Morgan fingerprint density at radius 2 is 1.74 bits per heavy atom. The average Bonchev–Trinajstić information content (AvgIpc) is 3.39. The fraction of sp³-hybridized carbons (Fsp3) is 0.864. The first-order valence-electron chi connectivity index (χ1n) is 11.9. The maximum atomic E-state index is 5.54. The SMILES string of the molecule is Cc1nnc(CN=C(NC2CCCCC2)NC2CCN(CC3CCOC3)CC2)n1C.I. The summed E-state index contributed by atoms with van der Waals surface area (Å²) in [5.74, 6) is 3.51. The third-order valence-corrected chi connectivity index (χ3v) is 6.98. The second-order valence-corrected chi connectivity index (χ2v) is 9.32. The van der Waals surface area contributed by atoms with Crippen LogP contribution in [0.5, 0.6) is 0 Å². The summed E-state index contributed by atoms with van der Waals surface area (Å²) in [5, 5.41) is 15.9. The molecule has 31 heavy (non-hydrogen) atoms. The van der Waals surface area contributed by atoms with Crippen LogP contribution in [-0.4, -0.2) is 70.6 Å². The van der Waals surface area contributed by atoms with Crippen molar-refractivity contribution >= 4 is 29.9 Å². The van der Waals surface area contributed by atoms with Crippen molar-refractivity contribution in [1.82, 2.24) is 30.3 Å². The Balaban J connectivity index is 0.00000272. The molecule has 8 nitrogen and oxygen atoms in total. The molecule has 0 spiro atoms. The van der Waals surface area contributed by atoms with Crippen LogP contribution in [-0.2, 0) is 18.3 Å². The van der Waals surface area contributed by atoms with Gasteiger partial charge in [-0.05, 0) is 44.9 Å². The summed E-state index contributed by atoms with van der Waals surface area (Å²) in [6.45, 7) is 7.94. The highest BCUT2D eigenvalue weighted by atomic mass is 127. The largest absolute Gasteiger partial charge is 0.381 e. The third-order valence-electron chi connectivity index (χ3n) is 6.98. The third kappa shape index (κ3) is 7.28. The van der Waals surface area contributed by atoms with Crippen molar-refractivity contribution in [1.29, 1.82) is 0 Å². The molecular weight excluding hydrogens is 505 g/mol. The number of aryl methyl sites for hydroxylation is 1. The molecule has 2 saturated heterocycles. The van der Waals surface area contributed by atoms with Crippen molar-refractivity contribution in [3.05, 3.63) is 11.6 Å². The predicted octanol–water partition coefficient (Wildman–Crippen LogP) is 2.61. The van der Waals surface area contributed by atoms with E-state index in [1.165, 1.54) is 57.9 Å². The van der Waals surface area contributed by atoms with Crippen molar-refractivity contribution in [2.24, 2.45) is 18.0 Å². The number of hydrogen-bond donors (Lipinski definition) is 2. The quantitative estimate of drug-likeness (QED) is 0.325. The lowest BCUT2D eigenvalue weighted by Crippen LogP contribution is -2.51. The Hall–Kier alpha value is -0.940. The summed E-state index contributed by atoms with van der Waals surface area (Å²) in [4.78, 5) is 7.52. The minimum Gasteiger partial charge on any atom is -0.381 e. The molecule has 9 heteroatoms. The van der Waals surface area contributed by atoms with Gasteiger partial charge in [-0.1, -0.05) is 19.3 Å². The number of ether oxygens (including phenoxy) is 1. The molecule has 0 bridgehead atoms. The predicted molar refractivity (Wildman–Crippen MR) is 134 cm³/mol. The van der Waals surface area contributed by atoms with E-state index in [1.807, 2.05) is 18.5 Å². The first-order valence-corrected chi connectivity index (χ1v) is 11.9. The van der Waals surface area contributed by atoms with E-state index in [9.17, 15) is 0 Å². The van der Waals surface area contributed by atoms with Gasteiger partial charge in [0.2, 0.25) is 0 Å². The first kappa shape index (κ1) is 24.7. The summed E-state index contributed by atoms with van der Waals surface area (Å²) in [7, 11) is 2.01. The summed E-state index contributed by atoms with van der Waals surface area (Å²) in [5.41, 5.74) is 0. The van der Waals surface area contributed by atoms with Crippen LogP contribution in [0.1, 0.15) is 63.0 Å². The summed E-state index contributed by atoms with van der Waals surface area (Å²) < 4.78 is 7.56. The number of rotatable bonds is 6. The van der Waals surface area contributed by atoms with Crippen molar-refractivity contribution in [2.75, 3.05) is 32.8 Å². The van der Waals surface area contributed by atoms with E-state index >= 15 is 0 Å². The smallest absolute Gasteiger partial charge is 0.192 e. The minimum atomic E-state index is 0. The fourth-order valence-corrected chi connectivity index (χ4v) is 4.86. The molecule has 1 aromatic rings. The van der Waals surface area contributed by atoms with E-state index in [-0.39, 0.29) is 24.0 Å². The molecule has 3 aliphatic rings. The second-order valence-electron chi connectivity index (χ2n) is 9.32. The van der Waals surface area contributed by atoms with E-state index in [1.54, 1.807) is 0 Å². The highest BCUT2D eigenvalue weighted by Gasteiger charge is 2.25. The van der Waals surface area contributed by atoms with Gasteiger partial charge in [0.25, 0.3) is 0 Å². The molecule has 0 amide bonds. The first-order chi connectivity index (χ1) is 14.7. The molecule has 1 atom stereocenters. The fourth-order valence-electron chi connectivity index (χ4n) is 4.86. The zero-order valence-electron chi connectivity index (χ0n) is 19.2. The highest BCUT2D eigenvalue weighted by Crippen LogP contribution is 2.19. The number of aliphatic imine (C=N–C) groups is 1. The Kier molecular flexibility index (Phi) is 9.83. The number of hydrogen-bond acceptors (Lipinski definition) is 5. The van der Waals surface area contributed by atoms with E-state index < -0.39 is 0 Å². The Morgan fingerprint density at radius 1 is 1.03 bits per heavy atom. The van der Waals surface area contributed by atoms with Gasteiger partial charge in [0.15, 0.2) is 11.8 Å². The van der Waals surface area contributed by atoms with Gasteiger partial charge >= 0.3 is 0 Å². The molecule has 1 saturated carbocycles. The van der Waals surface area contributed by atoms with Crippen LogP contribution in [0.25, 0.3) is 0 Å². The van der Waals surface area contributed by atoms with Crippen LogP contribution in [0.15, 0.2) is 4.99 Å². The number of aromatic nitrogens is 3. The molecule has 0 radical (unpaired) electrons. The maximum absolute atomic E-state index is 5.54. The maximum Gasteiger partial charge on any atom is 0.192 e. The number of likely N-dealkylation sites (tertiary alicyclic amines) is 1. The lowest BCUT2D eigenvalue weighted by Gasteiger charge is -2.35. The van der Waals surface area contributed by atoms with Gasteiger partial charge in [0, 0.05) is 45.4 Å². The van der Waals surface area contributed by atoms with E-state index in [4.69, 9.17) is 9.73 Å². The molecule has 4 rings (SSSR count). The van der Waals surface area contributed by atoms with Gasteiger partial charge in [0.05, 0.1) is 6.61 Å². The Morgan fingerprint density at radius 3 is 2.35 bits per heavy atom. The van der Waals surface area contributed by atoms with Crippen molar-refractivity contribution in [3.63, 3.8) is 0 Å². The monoisotopic (exact) mass is 545 g/mol. The zero-order chi connectivity index (χ0) is 20.8. The lowest BCUT2D eigenvalue weighted by molar-refractivity contribution is 0.150. The van der Waals surface area contributed by atoms with Crippen LogP contribution < -0.4 is 10.6 Å². The molecule has 1 aliphatic carbocycles. The van der Waals surface area contributed by atoms with Crippen molar-refractivity contribution in [3.8, 4) is 0 Å². The molecule has 0 aromatic carbocycles. The molecule has 3 heterocycles. The van der Waals surface area contributed by atoms with Crippen molar-refractivity contribution in [2.45, 2.75) is 76.9 Å². The van der Waals surface area contributed by atoms with E-state index in [2.05, 4.69) is 25.7 Å². The summed E-state index contributed by atoms with van der Waals surface area (Å²) in [6.07, 6.45) is 10.0. The van der Waals surface area contributed by atoms with Gasteiger partial charge in [0.1, 0.15) is 12.4 Å². The number of piperidine rings is 1.